The number of halogens is 2. The van der Waals surface area contributed by atoms with E-state index in [1.165, 1.54) is 48.5 Å². The molecule has 1 aromatic heterocycles. The topological polar surface area (TPSA) is 93.4 Å². The second kappa shape index (κ2) is 9.17. The van der Waals surface area contributed by atoms with Gasteiger partial charge in [-0.25, -0.2) is 8.78 Å². The van der Waals surface area contributed by atoms with E-state index in [1.54, 1.807) is 13.0 Å². The Hall–Kier alpha value is -3.75. The van der Waals surface area contributed by atoms with Crippen LogP contribution in [0.5, 0.6) is 5.88 Å². The molecule has 0 aliphatic rings. The number of aromatic nitrogens is 2. The highest BCUT2D eigenvalue weighted by molar-refractivity contribution is 5.93. The number of rotatable bonds is 8. The second-order valence-corrected chi connectivity index (χ2v) is 6.34. The maximum absolute atomic E-state index is 14.2. The summed E-state index contributed by atoms with van der Waals surface area (Å²) in [6.45, 7) is 1.99. The van der Waals surface area contributed by atoms with Crippen molar-refractivity contribution in [1.82, 2.24) is 15.1 Å². The molecule has 0 radical (unpaired) electrons. The van der Waals surface area contributed by atoms with Gasteiger partial charge in [0.25, 0.3) is 5.91 Å². The third-order valence-electron chi connectivity index (χ3n) is 4.24. The fraction of sp³-hybridized carbons (Fsp3) is 0.190. The molecule has 7 nitrogen and oxygen atoms in total. The van der Waals surface area contributed by atoms with Crippen molar-refractivity contribution in [2.24, 2.45) is 0 Å². The summed E-state index contributed by atoms with van der Waals surface area (Å²) in [5, 5.41) is 15.9. The molecule has 30 heavy (non-hydrogen) atoms. The van der Waals surface area contributed by atoms with E-state index in [1.807, 2.05) is 0 Å². The van der Waals surface area contributed by atoms with Crippen LogP contribution in [0.3, 0.4) is 0 Å². The van der Waals surface area contributed by atoms with Crippen LogP contribution in [0.2, 0.25) is 0 Å². The van der Waals surface area contributed by atoms with E-state index in [0.717, 1.165) is 4.68 Å². The highest BCUT2D eigenvalue weighted by Crippen LogP contribution is 2.23. The van der Waals surface area contributed by atoms with E-state index in [0.29, 0.717) is 5.56 Å². The Balaban J connectivity index is 1.91. The first-order valence-corrected chi connectivity index (χ1v) is 9.15. The summed E-state index contributed by atoms with van der Waals surface area (Å²) in [6.07, 6.45) is -0.413. The van der Waals surface area contributed by atoms with Crippen LogP contribution in [0.4, 0.5) is 8.78 Å². The number of hydrogen-bond acceptors (Lipinski definition) is 4. The fourth-order valence-corrected chi connectivity index (χ4v) is 2.88. The molecule has 156 valence electrons. The van der Waals surface area contributed by atoms with Crippen molar-refractivity contribution in [2.45, 2.75) is 19.4 Å². The molecule has 1 unspecified atom stereocenters. The van der Waals surface area contributed by atoms with E-state index < -0.39 is 36.0 Å². The summed E-state index contributed by atoms with van der Waals surface area (Å²) >= 11 is 0. The summed E-state index contributed by atoms with van der Waals surface area (Å²) in [6, 6.07) is 11.5. The quantitative estimate of drug-likeness (QED) is 0.587. The Labute approximate surface area is 170 Å². The van der Waals surface area contributed by atoms with E-state index in [4.69, 9.17) is 4.74 Å². The zero-order valence-electron chi connectivity index (χ0n) is 16.0. The van der Waals surface area contributed by atoms with Crippen LogP contribution >= 0.6 is 0 Å². The number of carbonyl (C=O) groups excluding carboxylic acids is 1. The average Bonchev–Trinajstić information content (AvgIpc) is 3.12. The summed E-state index contributed by atoms with van der Waals surface area (Å²) < 4.78 is 34.0. The predicted octanol–water partition coefficient (Wildman–Crippen LogP) is 3.50. The van der Waals surface area contributed by atoms with Gasteiger partial charge in [-0.3, -0.25) is 9.59 Å². The molecule has 2 aromatic carbocycles. The van der Waals surface area contributed by atoms with Gasteiger partial charge in [0, 0.05) is 6.07 Å². The molecular formula is C21H19F2N3O4. The highest BCUT2D eigenvalue weighted by atomic mass is 19.1. The zero-order chi connectivity index (χ0) is 21.7. The number of nitrogens with zero attached hydrogens (tertiary/aromatic N) is 2. The lowest BCUT2D eigenvalue weighted by atomic mass is 10.0. The van der Waals surface area contributed by atoms with E-state index in [2.05, 4.69) is 10.4 Å². The molecule has 0 saturated heterocycles. The Morgan fingerprint density at radius 3 is 2.50 bits per heavy atom. The van der Waals surface area contributed by atoms with Gasteiger partial charge in [-0.15, -0.1) is 0 Å². The molecule has 0 spiro atoms. The van der Waals surface area contributed by atoms with Crippen LogP contribution in [0.25, 0.3) is 5.69 Å². The normalized spacial score (nSPS) is 11.7. The molecule has 0 fully saturated rings. The molecule has 1 heterocycles. The van der Waals surface area contributed by atoms with Gasteiger partial charge in [-0.05, 0) is 36.8 Å². The van der Waals surface area contributed by atoms with Crippen molar-refractivity contribution in [2.75, 3.05) is 6.61 Å². The first-order valence-electron chi connectivity index (χ1n) is 9.15. The number of amides is 1. The minimum atomic E-state index is -1.14. The van der Waals surface area contributed by atoms with Crippen LogP contribution in [0.1, 0.15) is 35.4 Å². The number of benzene rings is 2. The number of carboxylic acid groups (broad SMARTS) is 1. The summed E-state index contributed by atoms with van der Waals surface area (Å²) in [5.74, 6) is -2.70. The Bertz CT molecular complexity index is 1050. The standard InChI is InChI=1S/C21H19F2N3O4/c1-2-30-19-11-17(25-26(19)18-6-4-3-5-15(18)23)21(29)24-16(12-20(27)28)13-7-9-14(22)10-8-13/h3-11,16H,2,12H2,1H3,(H,24,29)(H,27,28). The van der Waals surface area contributed by atoms with Gasteiger partial charge in [0.1, 0.15) is 17.3 Å². The third kappa shape index (κ3) is 4.80. The number of carbonyl (C=O) groups is 2. The predicted molar refractivity (Wildman–Crippen MR) is 104 cm³/mol. The summed E-state index contributed by atoms with van der Waals surface area (Å²) in [4.78, 5) is 24.0. The molecule has 0 aliphatic carbocycles. The minimum absolute atomic E-state index is 0.0841. The van der Waals surface area contributed by atoms with Gasteiger partial charge in [0.05, 0.1) is 19.1 Å². The Morgan fingerprint density at radius 2 is 1.87 bits per heavy atom. The highest BCUT2D eigenvalue weighted by Gasteiger charge is 2.23. The molecule has 3 rings (SSSR count). The van der Waals surface area contributed by atoms with Gasteiger partial charge in [0.15, 0.2) is 5.69 Å². The molecule has 2 N–H and O–H groups in total. The maximum atomic E-state index is 14.2. The zero-order valence-corrected chi connectivity index (χ0v) is 16.0. The van der Waals surface area contributed by atoms with E-state index in [9.17, 15) is 23.5 Å². The van der Waals surface area contributed by atoms with Crippen molar-refractivity contribution in [1.29, 1.82) is 0 Å². The maximum Gasteiger partial charge on any atom is 0.305 e. The molecule has 1 atom stereocenters. The van der Waals surface area contributed by atoms with Crippen molar-refractivity contribution in [3.8, 4) is 11.6 Å². The molecule has 3 aromatic rings. The van der Waals surface area contributed by atoms with Crippen molar-refractivity contribution in [3.63, 3.8) is 0 Å². The lowest BCUT2D eigenvalue weighted by Crippen LogP contribution is -2.30. The Kier molecular flexibility index (Phi) is 6.41. The monoisotopic (exact) mass is 415 g/mol. The third-order valence-corrected chi connectivity index (χ3v) is 4.24. The van der Waals surface area contributed by atoms with Gasteiger partial charge in [-0.1, -0.05) is 24.3 Å². The molecule has 0 aliphatic heterocycles. The van der Waals surface area contributed by atoms with Crippen molar-refractivity contribution in [3.05, 3.63) is 77.5 Å². The molecule has 1 amide bonds. The first kappa shape index (κ1) is 21.0. The van der Waals surface area contributed by atoms with Gasteiger partial charge in [-0.2, -0.15) is 9.78 Å². The molecule has 0 saturated carbocycles. The Morgan fingerprint density at radius 1 is 1.17 bits per heavy atom. The number of ether oxygens (including phenoxy) is 1. The summed E-state index contributed by atoms with van der Waals surface area (Å²) in [7, 11) is 0. The van der Waals surface area contributed by atoms with Crippen LogP contribution in [0.15, 0.2) is 54.6 Å². The van der Waals surface area contributed by atoms with Gasteiger partial charge < -0.3 is 15.2 Å². The first-order chi connectivity index (χ1) is 14.4. The van der Waals surface area contributed by atoms with Crippen LogP contribution in [-0.4, -0.2) is 33.4 Å². The number of carboxylic acids is 1. The van der Waals surface area contributed by atoms with Crippen LogP contribution < -0.4 is 10.1 Å². The van der Waals surface area contributed by atoms with E-state index >= 15 is 0 Å². The van der Waals surface area contributed by atoms with Crippen molar-refractivity contribution >= 4 is 11.9 Å². The largest absolute Gasteiger partial charge is 0.481 e. The number of hydrogen-bond donors (Lipinski definition) is 2. The SMILES string of the molecule is CCOc1cc(C(=O)NC(CC(=O)O)c2ccc(F)cc2)nn1-c1ccccc1F. The van der Waals surface area contributed by atoms with Crippen LogP contribution in [-0.2, 0) is 4.79 Å². The molecular weight excluding hydrogens is 396 g/mol. The van der Waals surface area contributed by atoms with Gasteiger partial charge >= 0.3 is 5.97 Å². The van der Waals surface area contributed by atoms with E-state index in [-0.39, 0.29) is 23.9 Å². The number of para-hydroxylation sites is 1. The van der Waals surface area contributed by atoms with Crippen molar-refractivity contribution < 1.29 is 28.2 Å². The lowest BCUT2D eigenvalue weighted by molar-refractivity contribution is -0.137. The number of nitrogens with one attached hydrogen (secondary N) is 1. The molecule has 9 heteroatoms. The second-order valence-electron chi connectivity index (χ2n) is 6.34. The number of aliphatic carboxylic acids is 1. The molecule has 0 bridgehead atoms. The average molecular weight is 415 g/mol. The van der Waals surface area contributed by atoms with Crippen LogP contribution in [0, 0.1) is 11.6 Å². The lowest BCUT2D eigenvalue weighted by Gasteiger charge is -2.16. The minimum Gasteiger partial charge on any atom is -0.481 e. The summed E-state index contributed by atoms with van der Waals surface area (Å²) in [5.41, 5.74) is 0.436. The smallest absolute Gasteiger partial charge is 0.305 e. The van der Waals surface area contributed by atoms with Gasteiger partial charge in [0.2, 0.25) is 5.88 Å². The fourth-order valence-electron chi connectivity index (χ4n) is 2.88.